The summed E-state index contributed by atoms with van der Waals surface area (Å²) in [6, 6.07) is 7.56. The highest BCUT2D eigenvalue weighted by Gasteiger charge is 2.20. The van der Waals surface area contributed by atoms with Gasteiger partial charge in [-0.1, -0.05) is 0 Å². The Balaban J connectivity index is 1.80. The largest absolute Gasteiger partial charge is 0.492 e. The Morgan fingerprint density at radius 1 is 1.38 bits per heavy atom. The molecule has 1 heterocycles. The van der Waals surface area contributed by atoms with Crippen LogP contribution < -0.4 is 15.4 Å². The van der Waals surface area contributed by atoms with Gasteiger partial charge in [-0.2, -0.15) is 0 Å². The standard InChI is InChI=1S/C16H25N3O2/c1-19(2)10-11-21-15-7-5-14(6-8-15)18-16(20)13-4-3-9-17-12-13/h5-8,13,17H,3-4,9-12H2,1-2H3,(H,18,20)/t13-/m1/s1. The number of hydrogen-bond acceptors (Lipinski definition) is 4. The fourth-order valence-corrected chi connectivity index (χ4v) is 2.30. The van der Waals surface area contributed by atoms with Gasteiger partial charge in [-0.05, 0) is 57.7 Å². The topological polar surface area (TPSA) is 53.6 Å². The third-order valence-corrected chi connectivity index (χ3v) is 3.60. The van der Waals surface area contributed by atoms with Crippen molar-refractivity contribution in [2.75, 3.05) is 45.7 Å². The predicted molar refractivity (Wildman–Crippen MR) is 84.7 cm³/mol. The molecule has 1 amide bonds. The molecular weight excluding hydrogens is 266 g/mol. The summed E-state index contributed by atoms with van der Waals surface area (Å²) in [4.78, 5) is 14.2. The van der Waals surface area contributed by atoms with Gasteiger partial charge in [-0.3, -0.25) is 4.79 Å². The van der Waals surface area contributed by atoms with Crippen molar-refractivity contribution >= 4 is 11.6 Å². The van der Waals surface area contributed by atoms with E-state index in [1.54, 1.807) is 0 Å². The van der Waals surface area contributed by atoms with Crippen molar-refractivity contribution in [3.63, 3.8) is 0 Å². The molecule has 0 spiro atoms. The van der Waals surface area contributed by atoms with E-state index in [0.29, 0.717) is 6.61 Å². The number of piperidine rings is 1. The molecule has 0 radical (unpaired) electrons. The predicted octanol–water partition coefficient (Wildman–Crippen LogP) is 1.57. The number of carbonyl (C=O) groups is 1. The Bertz CT molecular complexity index is 439. The third-order valence-electron chi connectivity index (χ3n) is 3.60. The lowest BCUT2D eigenvalue weighted by Crippen LogP contribution is -2.37. The van der Waals surface area contributed by atoms with E-state index in [1.165, 1.54) is 0 Å². The Morgan fingerprint density at radius 2 is 2.14 bits per heavy atom. The molecule has 21 heavy (non-hydrogen) atoms. The first-order valence-corrected chi connectivity index (χ1v) is 7.54. The summed E-state index contributed by atoms with van der Waals surface area (Å²) < 4.78 is 5.63. The molecule has 1 aromatic carbocycles. The Kier molecular flexibility index (Phi) is 6.02. The summed E-state index contributed by atoms with van der Waals surface area (Å²) in [6.45, 7) is 3.33. The van der Waals surface area contributed by atoms with E-state index in [9.17, 15) is 4.79 Å². The number of rotatable bonds is 6. The zero-order chi connectivity index (χ0) is 15.1. The van der Waals surface area contributed by atoms with Crippen LogP contribution in [0.3, 0.4) is 0 Å². The minimum absolute atomic E-state index is 0.0785. The number of benzene rings is 1. The molecule has 1 saturated heterocycles. The van der Waals surface area contributed by atoms with E-state index < -0.39 is 0 Å². The first kappa shape index (κ1) is 15.8. The van der Waals surface area contributed by atoms with Crippen LogP contribution in [0.4, 0.5) is 5.69 Å². The van der Waals surface area contributed by atoms with E-state index in [0.717, 1.165) is 43.9 Å². The zero-order valence-corrected chi connectivity index (χ0v) is 12.9. The van der Waals surface area contributed by atoms with Crippen molar-refractivity contribution in [2.24, 2.45) is 5.92 Å². The molecule has 1 aliphatic heterocycles. The number of nitrogens with zero attached hydrogens (tertiary/aromatic N) is 1. The average molecular weight is 291 g/mol. The van der Waals surface area contributed by atoms with Gasteiger partial charge >= 0.3 is 0 Å². The summed E-state index contributed by atoms with van der Waals surface area (Å²) in [6.07, 6.45) is 2.03. The quantitative estimate of drug-likeness (QED) is 0.835. The highest BCUT2D eigenvalue weighted by molar-refractivity contribution is 5.92. The first-order valence-electron chi connectivity index (χ1n) is 7.54. The summed E-state index contributed by atoms with van der Waals surface area (Å²) >= 11 is 0. The summed E-state index contributed by atoms with van der Waals surface area (Å²) in [7, 11) is 4.03. The van der Waals surface area contributed by atoms with Crippen molar-refractivity contribution < 1.29 is 9.53 Å². The van der Waals surface area contributed by atoms with Crippen LogP contribution >= 0.6 is 0 Å². The molecule has 5 nitrogen and oxygen atoms in total. The van der Waals surface area contributed by atoms with Gasteiger partial charge in [-0.15, -0.1) is 0 Å². The number of amides is 1. The van der Waals surface area contributed by atoms with Crippen LogP contribution in [-0.2, 0) is 4.79 Å². The van der Waals surface area contributed by atoms with Crippen molar-refractivity contribution in [1.29, 1.82) is 0 Å². The number of carbonyl (C=O) groups excluding carboxylic acids is 1. The van der Waals surface area contributed by atoms with Gasteiger partial charge in [0.2, 0.25) is 5.91 Å². The lowest BCUT2D eigenvalue weighted by molar-refractivity contribution is -0.120. The smallest absolute Gasteiger partial charge is 0.228 e. The molecular formula is C16H25N3O2. The lowest BCUT2D eigenvalue weighted by atomic mass is 9.99. The van der Waals surface area contributed by atoms with Crippen LogP contribution in [0.2, 0.25) is 0 Å². The van der Waals surface area contributed by atoms with Crippen LogP contribution in [0.25, 0.3) is 0 Å². The van der Waals surface area contributed by atoms with Gasteiger partial charge in [0.15, 0.2) is 0 Å². The molecule has 0 aromatic heterocycles. The first-order chi connectivity index (χ1) is 10.1. The van der Waals surface area contributed by atoms with Crippen LogP contribution in [0, 0.1) is 5.92 Å². The van der Waals surface area contributed by atoms with Crippen LogP contribution in [-0.4, -0.2) is 51.1 Å². The maximum Gasteiger partial charge on any atom is 0.228 e. The van der Waals surface area contributed by atoms with E-state index in [2.05, 4.69) is 15.5 Å². The van der Waals surface area contributed by atoms with Crippen molar-refractivity contribution in [2.45, 2.75) is 12.8 Å². The molecule has 2 rings (SSSR count). The third kappa shape index (κ3) is 5.36. The molecule has 1 aliphatic rings. The average Bonchev–Trinajstić information content (AvgIpc) is 2.49. The molecule has 5 heteroatoms. The minimum Gasteiger partial charge on any atom is -0.492 e. The van der Waals surface area contributed by atoms with Gasteiger partial charge in [0, 0.05) is 18.8 Å². The molecule has 0 aliphatic carbocycles. The molecule has 0 unspecified atom stereocenters. The molecule has 0 saturated carbocycles. The van der Waals surface area contributed by atoms with Gasteiger partial charge < -0.3 is 20.3 Å². The number of anilines is 1. The minimum atomic E-state index is 0.0785. The SMILES string of the molecule is CN(C)CCOc1ccc(NC(=O)[C@@H]2CCCNC2)cc1. The molecule has 0 bridgehead atoms. The highest BCUT2D eigenvalue weighted by Crippen LogP contribution is 2.18. The van der Waals surface area contributed by atoms with Gasteiger partial charge in [0.25, 0.3) is 0 Å². The summed E-state index contributed by atoms with van der Waals surface area (Å²) in [5.41, 5.74) is 0.825. The molecule has 1 aromatic rings. The highest BCUT2D eigenvalue weighted by atomic mass is 16.5. The van der Waals surface area contributed by atoms with Gasteiger partial charge in [-0.25, -0.2) is 0 Å². The lowest BCUT2D eigenvalue weighted by Gasteiger charge is -2.21. The maximum absolute atomic E-state index is 12.1. The monoisotopic (exact) mass is 291 g/mol. The van der Waals surface area contributed by atoms with Crippen LogP contribution in [0.5, 0.6) is 5.75 Å². The normalized spacial score (nSPS) is 18.5. The second-order valence-electron chi connectivity index (χ2n) is 5.71. The number of ether oxygens (including phenoxy) is 1. The fraction of sp³-hybridized carbons (Fsp3) is 0.562. The fourth-order valence-electron chi connectivity index (χ4n) is 2.30. The van der Waals surface area contributed by atoms with Gasteiger partial charge in [0.1, 0.15) is 12.4 Å². The second-order valence-corrected chi connectivity index (χ2v) is 5.71. The number of nitrogens with one attached hydrogen (secondary N) is 2. The molecule has 2 N–H and O–H groups in total. The van der Waals surface area contributed by atoms with Crippen molar-refractivity contribution in [3.8, 4) is 5.75 Å². The Hall–Kier alpha value is -1.59. The summed E-state index contributed by atoms with van der Waals surface area (Å²) in [5.74, 6) is 1.01. The molecule has 1 atom stereocenters. The Morgan fingerprint density at radius 3 is 2.76 bits per heavy atom. The number of likely N-dealkylation sites (N-methyl/N-ethyl adjacent to an activating group) is 1. The Labute approximate surface area is 126 Å². The van der Waals surface area contributed by atoms with Gasteiger partial charge in [0.05, 0.1) is 5.92 Å². The molecule has 116 valence electrons. The van der Waals surface area contributed by atoms with Crippen molar-refractivity contribution in [1.82, 2.24) is 10.2 Å². The van der Waals surface area contributed by atoms with E-state index in [-0.39, 0.29) is 11.8 Å². The maximum atomic E-state index is 12.1. The zero-order valence-electron chi connectivity index (χ0n) is 12.9. The summed E-state index contributed by atoms with van der Waals surface area (Å²) in [5, 5.41) is 6.23. The van der Waals surface area contributed by atoms with E-state index >= 15 is 0 Å². The van der Waals surface area contributed by atoms with E-state index in [4.69, 9.17) is 4.74 Å². The van der Waals surface area contributed by atoms with Crippen LogP contribution in [0.15, 0.2) is 24.3 Å². The number of hydrogen-bond donors (Lipinski definition) is 2. The molecule has 1 fully saturated rings. The van der Waals surface area contributed by atoms with E-state index in [1.807, 2.05) is 38.4 Å². The van der Waals surface area contributed by atoms with Crippen molar-refractivity contribution in [3.05, 3.63) is 24.3 Å². The van der Waals surface area contributed by atoms with Crippen LogP contribution in [0.1, 0.15) is 12.8 Å². The second kappa shape index (κ2) is 8.00.